The van der Waals surface area contributed by atoms with Gasteiger partial charge in [-0.15, -0.1) is 22.7 Å². The number of benzene rings is 5. The Morgan fingerprint density at radius 1 is 0.342 bits per heavy atom. The van der Waals surface area contributed by atoms with E-state index in [0.717, 1.165) is 31.9 Å². The zero-order chi connectivity index (χ0) is 54.6. The third-order valence-corrected chi connectivity index (χ3v) is 21.3. The van der Waals surface area contributed by atoms with Gasteiger partial charge >= 0.3 is 0 Å². The van der Waals surface area contributed by atoms with E-state index in [1.54, 1.807) is 33.8 Å². The zero-order valence-electron chi connectivity index (χ0n) is 48.5. The molecule has 0 atom stereocenters. The Balaban J connectivity index is 0.947. The number of thiophene rings is 2. The maximum absolute atomic E-state index is 7.28. The molecule has 0 saturated carbocycles. The van der Waals surface area contributed by atoms with Crippen LogP contribution in [0.1, 0.15) is 230 Å². The highest BCUT2D eigenvalue weighted by Crippen LogP contribution is 2.58. The van der Waals surface area contributed by atoms with Gasteiger partial charge in [0.2, 0.25) is 0 Å². The molecule has 4 nitrogen and oxygen atoms in total. The fourth-order valence-corrected chi connectivity index (χ4v) is 16.9. The van der Waals surface area contributed by atoms with Crippen LogP contribution in [0.3, 0.4) is 0 Å². The lowest BCUT2D eigenvalue weighted by molar-refractivity contribution is 0.398. The molecule has 0 bridgehead atoms. The highest BCUT2D eigenvalue weighted by atomic mass is 32.1. The summed E-state index contributed by atoms with van der Waals surface area (Å²) in [6, 6.07) is 42.5. The van der Waals surface area contributed by atoms with Crippen molar-refractivity contribution in [2.24, 2.45) is 0 Å². The fraction of sp³-hybridized carbons (Fsp3) is 0.472. The predicted octanol–water partition coefficient (Wildman–Crippen LogP) is 23.2. The van der Waals surface area contributed by atoms with Crippen molar-refractivity contribution >= 4 is 56.8 Å². The van der Waals surface area contributed by atoms with Crippen LogP contribution in [-0.2, 0) is 10.8 Å². The van der Waals surface area contributed by atoms with E-state index in [0.29, 0.717) is 11.4 Å². The van der Waals surface area contributed by atoms with Gasteiger partial charge in [0.1, 0.15) is 11.0 Å². The number of rotatable bonds is 32. The molecule has 3 heterocycles. The van der Waals surface area contributed by atoms with E-state index in [1.807, 2.05) is 0 Å². The average Bonchev–Trinajstić information content (AvgIpc) is 4.22. The molecule has 416 valence electrons. The zero-order valence-corrected chi connectivity index (χ0v) is 50.9. The molecule has 5 aromatic carbocycles. The first-order chi connectivity index (χ1) is 38.9. The Morgan fingerprint density at radius 3 is 1.03 bits per heavy atom. The third-order valence-electron chi connectivity index (χ3n) is 18.4. The van der Waals surface area contributed by atoms with Crippen molar-refractivity contribution in [3.8, 4) is 64.0 Å². The molecule has 0 fully saturated rings. The second-order valence-electron chi connectivity index (χ2n) is 23.7. The van der Waals surface area contributed by atoms with E-state index in [2.05, 4.69) is 137 Å². The molecule has 0 unspecified atom stereocenters. The maximum atomic E-state index is 7.28. The minimum Gasteiger partial charge on any atom is -0.396 e. The summed E-state index contributed by atoms with van der Waals surface area (Å²) in [5.41, 5.74) is 33.7. The first kappa shape index (κ1) is 57.2. The Kier molecular flexibility index (Phi) is 19.6. The van der Waals surface area contributed by atoms with Crippen molar-refractivity contribution in [2.75, 3.05) is 11.5 Å². The van der Waals surface area contributed by atoms with Crippen molar-refractivity contribution in [1.82, 2.24) is 8.75 Å². The molecule has 10 rings (SSSR count). The SMILES string of the molecule is CCCCCCCCC1(CCCCCCCC)c2ccccc2-c2ccc(-c3ccc(-c4c(N)c(N)c(-c5ccc(-c6ccc7c(c6)C(CCCCCCCC)(CCCCCCCC)c6ccccc6-7)s5)c5nsnc45)s3)cc21. The molecular formula is C72H90N4S3. The maximum Gasteiger partial charge on any atom is 0.116 e. The summed E-state index contributed by atoms with van der Waals surface area (Å²) in [6.07, 6.45) is 36.4. The van der Waals surface area contributed by atoms with Crippen LogP contribution in [0.5, 0.6) is 0 Å². The van der Waals surface area contributed by atoms with Crippen LogP contribution in [0.15, 0.2) is 109 Å². The second kappa shape index (κ2) is 27.1. The molecule has 7 heteroatoms. The first-order valence-electron chi connectivity index (χ1n) is 31.4. The van der Waals surface area contributed by atoms with Gasteiger partial charge in [0.05, 0.1) is 23.1 Å². The second-order valence-corrected chi connectivity index (χ2v) is 26.4. The molecule has 3 aromatic heterocycles. The van der Waals surface area contributed by atoms with Crippen LogP contribution in [0.4, 0.5) is 11.4 Å². The number of nitrogen functional groups attached to an aromatic ring is 2. The third kappa shape index (κ3) is 12.0. The number of nitrogens with zero attached hydrogens (tertiary/aromatic N) is 2. The Hall–Kier alpha value is -5.08. The summed E-state index contributed by atoms with van der Waals surface area (Å²) in [5, 5.41) is 0. The molecule has 0 amide bonds. The number of hydrogen-bond donors (Lipinski definition) is 2. The molecule has 8 aromatic rings. The lowest BCUT2D eigenvalue weighted by atomic mass is 9.70. The summed E-state index contributed by atoms with van der Waals surface area (Å²) in [7, 11) is 0. The molecule has 0 aliphatic heterocycles. The van der Waals surface area contributed by atoms with E-state index >= 15 is 0 Å². The van der Waals surface area contributed by atoms with E-state index in [9.17, 15) is 0 Å². The van der Waals surface area contributed by atoms with Crippen LogP contribution >= 0.6 is 34.4 Å². The summed E-state index contributed by atoms with van der Waals surface area (Å²) in [4.78, 5) is 4.63. The summed E-state index contributed by atoms with van der Waals surface area (Å²) >= 11 is 4.85. The van der Waals surface area contributed by atoms with Gasteiger partial charge < -0.3 is 11.5 Å². The molecule has 4 N–H and O–H groups in total. The van der Waals surface area contributed by atoms with Gasteiger partial charge in [-0.1, -0.05) is 255 Å². The van der Waals surface area contributed by atoms with Crippen LogP contribution in [0, 0.1) is 0 Å². The number of anilines is 2. The number of hydrogen-bond acceptors (Lipinski definition) is 7. The van der Waals surface area contributed by atoms with Crippen LogP contribution in [-0.4, -0.2) is 8.75 Å². The van der Waals surface area contributed by atoms with E-state index in [4.69, 9.17) is 20.2 Å². The standard InChI is InChI=1S/C72H90N4S3/c1-5-9-13-17-21-29-45-71(46-30-22-18-14-10-6-2)57-35-27-25-33-53(57)55-39-37-51(49-59(55)71)61-41-43-63(77-61)65-67(73)68(74)66(70-69(65)75-79-76-70)64-44-42-62(78-64)52-38-40-56-54-34-26-28-36-58(54)72(60(56)50-52,47-31-23-19-15-11-7-3)48-32-24-20-16-12-8-4/h25-28,33-44,49-50H,5-24,29-32,45-48,73-74H2,1-4H3. The molecule has 2 aliphatic carbocycles. The molecule has 0 radical (unpaired) electrons. The minimum atomic E-state index is 0.0315. The Labute approximate surface area is 487 Å². The van der Waals surface area contributed by atoms with Crippen LogP contribution in [0.25, 0.3) is 75.0 Å². The van der Waals surface area contributed by atoms with E-state index in [1.165, 1.54) is 246 Å². The summed E-state index contributed by atoms with van der Waals surface area (Å²) in [5.74, 6) is 0. The Bertz CT molecular complexity index is 3010. The molecule has 0 spiro atoms. The number of nitrogens with two attached hydrogens (primary N) is 2. The molecule has 79 heavy (non-hydrogen) atoms. The van der Waals surface area contributed by atoms with Gasteiger partial charge in [-0.25, -0.2) is 0 Å². The molecule has 0 saturated heterocycles. The van der Waals surface area contributed by atoms with Gasteiger partial charge in [0.25, 0.3) is 0 Å². The van der Waals surface area contributed by atoms with Gasteiger partial charge in [-0.3, -0.25) is 0 Å². The topological polar surface area (TPSA) is 77.8 Å². The average molecular weight is 1110 g/mol. The quantitative estimate of drug-likeness (QED) is 0.0325. The number of unbranched alkanes of at least 4 members (excludes halogenated alkanes) is 20. The molecular weight excluding hydrogens is 1020 g/mol. The van der Waals surface area contributed by atoms with E-state index < -0.39 is 0 Å². The van der Waals surface area contributed by atoms with Crippen molar-refractivity contribution in [2.45, 2.75) is 218 Å². The number of fused-ring (bicyclic) bond motifs is 7. The van der Waals surface area contributed by atoms with Crippen molar-refractivity contribution < 1.29 is 0 Å². The summed E-state index contributed by atoms with van der Waals surface area (Å²) in [6.45, 7) is 9.27. The van der Waals surface area contributed by atoms with Crippen LogP contribution < -0.4 is 11.5 Å². The van der Waals surface area contributed by atoms with Gasteiger partial charge in [-0.05, 0) is 118 Å². The fourth-order valence-electron chi connectivity index (χ4n) is 14.2. The lowest BCUT2D eigenvalue weighted by Crippen LogP contribution is -2.25. The van der Waals surface area contributed by atoms with Crippen molar-refractivity contribution in [1.29, 1.82) is 0 Å². The monoisotopic (exact) mass is 1110 g/mol. The van der Waals surface area contributed by atoms with Gasteiger partial charge in [0, 0.05) is 41.5 Å². The lowest BCUT2D eigenvalue weighted by Gasteiger charge is -2.33. The van der Waals surface area contributed by atoms with E-state index in [-0.39, 0.29) is 10.8 Å². The Morgan fingerprint density at radius 2 is 0.658 bits per heavy atom. The highest BCUT2D eigenvalue weighted by Gasteiger charge is 2.44. The summed E-state index contributed by atoms with van der Waals surface area (Å²) < 4.78 is 9.99. The van der Waals surface area contributed by atoms with Crippen LogP contribution in [0.2, 0.25) is 0 Å². The van der Waals surface area contributed by atoms with Gasteiger partial charge in [0.15, 0.2) is 0 Å². The smallest absolute Gasteiger partial charge is 0.116 e. The predicted molar refractivity (Wildman–Crippen MR) is 348 cm³/mol. The normalized spacial score (nSPS) is 13.8. The first-order valence-corrected chi connectivity index (χ1v) is 33.8. The number of aromatic nitrogens is 2. The van der Waals surface area contributed by atoms with Gasteiger partial charge in [-0.2, -0.15) is 8.75 Å². The van der Waals surface area contributed by atoms with Crippen molar-refractivity contribution in [3.05, 3.63) is 131 Å². The minimum absolute atomic E-state index is 0.0315. The molecule has 2 aliphatic rings. The highest BCUT2D eigenvalue weighted by molar-refractivity contribution is 7.19. The van der Waals surface area contributed by atoms with Crippen molar-refractivity contribution in [3.63, 3.8) is 0 Å². The largest absolute Gasteiger partial charge is 0.396 e.